The molecule has 0 saturated heterocycles. The number of hydrogen-bond acceptors (Lipinski definition) is 7. The lowest BCUT2D eigenvalue weighted by Crippen LogP contribution is -2.40. The molecular formula is C16H25N7O2. The van der Waals surface area contributed by atoms with Crippen molar-refractivity contribution in [3.8, 4) is 0 Å². The van der Waals surface area contributed by atoms with Crippen molar-refractivity contribution < 1.29 is 9.53 Å². The minimum absolute atomic E-state index is 0.125. The normalized spacial score (nSPS) is 12.4. The molecule has 0 bridgehead atoms. The molecule has 0 aliphatic rings. The van der Waals surface area contributed by atoms with Crippen molar-refractivity contribution in [1.82, 2.24) is 25.1 Å². The van der Waals surface area contributed by atoms with Gasteiger partial charge < -0.3 is 20.7 Å². The summed E-state index contributed by atoms with van der Waals surface area (Å²) in [4.78, 5) is 20.3. The molecule has 25 heavy (non-hydrogen) atoms. The molecule has 0 aliphatic heterocycles. The lowest BCUT2D eigenvalue weighted by Gasteiger charge is -2.22. The van der Waals surface area contributed by atoms with Gasteiger partial charge in [0, 0.05) is 32.0 Å². The topological polar surface area (TPSA) is 106 Å². The molecule has 0 aromatic carbocycles. The zero-order valence-corrected chi connectivity index (χ0v) is 15.2. The summed E-state index contributed by atoms with van der Waals surface area (Å²) in [7, 11) is 1.84. The maximum atomic E-state index is 11.7. The monoisotopic (exact) mass is 347 g/mol. The van der Waals surface area contributed by atoms with Crippen molar-refractivity contribution in [2.24, 2.45) is 7.05 Å². The van der Waals surface area contributed by atoms with Gasteiger partial charge in [0.1, 0.15) is 11.4 Å². The predicted molar refractivity (Wildman–Crippen MR) is 95.8 cm³/mol. The van der Waals surface area contributed by atoms with Crippen molar-refractivity contribution in [2.75, 3.05) is 17.2 Å². The van der Waals surface area contributed by atoms with Crippen LogP contribution in [0.3, 0.4) is 0 Å². The van der Waals surface area contributed by atoms with Gasteiger partial charge in [0.05, 0.1) is 11.9 Å². The Morgan fingerprint density at radius 2 is 2.16 bits per heavy atom. The zero-order valence-electron chi connectivity index (χ0n) is 15.2. The van der Waals surface area contributed by atoms with Crippen LogP contribution in [-0.4, -0.2) is 44.0 Å². The first-order valence-corrected chi connectivity index (χ1v) is 8.03. The molecule has 1 atom stereocenters. The molecule has 0 unspecified atom stereocenters. The van der Waals surface area contributed by atoms with Gasteiger partial charge in [-0.05, 0) is 33.8 Å². The minimum Gasteiger partial charge on any atom is -0.444 e. The van der Waals surface area contributed by atoms with Crippen molar-refractivity contribution in [3.63, 3.8) is 0 Å². The van der Waals surface area contributed by atoms with E-state index < -0.39 is 11.7 Å². The van der Waals surface area contributed by atoms with Crippen molar-refractivity contribution in [3.05, 3.63) is 24.7 Å². The molecule has 2 rings (SSSR count). The lowest BCUT2D eigenvalue weighted by atomic mass is 10.2. The maximum Gasteiger partial charge on any atom is 0.407 e. The Morgan fingerprint density at radius 3 is 2.80 bits per heavy atom. The third kappa shape index (κ3) is 6.66. The standard InChI is InChI=1S/C16H25N7O2/c1-11(20-15(24)25-16(2,3)4)8-18-13-6-7-17-14(22-13)21-12-9-19-23(5)10-12/h6-7,9-11H,8H2,1-5H3,(H,20,24)(H2,17,18,21,22)/t11-/m0/s1. The SMILES string of the molecule is C[C@@H](CNc1ccnc(Nc2cnn(C)c2)n1)NC(=O)OC(C)(C)C. The van der Waals surface area contributed by atoms with Gasteiger partial charge in [-0.25, -0.2) is 9.78 Å². The number of alkyl carbamates (subject to hydrolysis) is 1. The van der Waals surface area contributed by atoms with Gasteiger partial charge in [0.2, 0.25) is 5.95 Å². The Hall–Kier alpha value is -2.84. The predicted octanol–water partition coefficient (Wildman–Crippen LogP) is 2.28. The molecule has 2 heterocycles. The van der Waals surface area contributed by atoms with Gasteiger partial charge in [-0.3, -0.25) is 4.68 Å². The first kappa shape index (κ1) is 18.5. The van der Waals surface area contributed by atoms with E-state index in [1.54, 1.807) is 23.1 Å². The Balaban J connectivity index is 1.84. The molecule has 0 spiro atoms. The highest BCUT2D eigenvalue weighted by Crippen LogP contribution is 2.13. The van der Waals surface area contributed by atoms with E-state index in [0.29, 0.717) is 18.3 Å². The van der Waals surface area contributed by atoms with E-state index in [2.05, 4.69) is 31.0 Å². The summed E-state index contributed by atoms with van der Waals surface area (Å²) in [5.74, 6) is 1.12. The van der Waals surface area contributed by atoms with E-state index in [1.807, 2.05) is 40.9 Å². The molecule has 0 fully saturated rings. The summed E-state index contributed by atoms with van der Waals surface area (Å²) in [6.45, 7) is 7.86. The number of anilines is 3. The highest BCUT2D eigenvalue weighted by molar-refractivity contribution is 5.68. The van der Waals surface area contributed by atoms with Crippen molar-refractivity contribution >= 4 is 23.5 Å². The second-order valence-electron chi connectivity index (χ2n) is 6.72. The molecular weight excluding hydrogens is 322 g/mol. The van der Waals surface area contributed by atoms with E-state index in [1.165, 1.54) is 0 Å². The Kier molecular flexibility index (Phi) is 5.79. The Bertz CT molecular complexity index is 709. The smallest absolute Gasteiger partial charge is 0.407 e. The number of amides is 1. The summed E-state index contributed by atoms with van der Waals surface area (Å²) in [6, 6.07) is 1.63. The van der Waals surface area contributed by atoms with Gasteiger partial charge in [-0.2, -0.15) is 10.1 Å². The summed E-state index contributed by atoms with van der Waals surface area (Å²) in [5.41, 5.74) is 0.288. The third-order valence-corrected chi connectivity index (χ3v) is 2.97. The van der Waals surface area contributed by atoms with Crippen molar-refractivity contribution in [2.45, 2.75) is 39.3 Å². The molecule has 1 amide bonds. The van der Waals surface area contributed by atoms with E-state index in [9.17, 15) is 4.79 Å². The van der Waals surface area contributed by atoms with E-state index >= 15 is 0 Å². The molecule has 9 heteroatoms. The van der Waals surface area contributed by atoms with Crippen LogP contribution in [0.25, 0.3) is 0 Å². The fourth-order valence-corrected chi connectivity index (χ4v) is 1.95. The second-order valence-corrected chi connectivity index (χ2v) is 6.72. The summed E-state index contributed by atoms with van der Waals surface area (Å²) in [6.07, 6.45) is 4.73. The summed E-state index contributed by atoms with van der Waals surface area (Å²) >= 11 is 0. The Labute approximate surface area is 147 Å². The van der Waals surface area contributed by atoms with Crippen LogP contribution < -0.4 is 16.0 Å². The number of hydrogen-bond donors (Lipinski definition) is 3. The summed E-state index contributed by atoms with van der Waals surface area (Å²) < 4.78 is 6.92. The molecule has 136 valence electrons. The Morgan fingerprint density at radius 1 is 1.40 bits per heavy atom. The van der Waals surface area contributed by atoms with Crippen LogP contribution in [-0.2, 0) is 11.8 Å². The third-order valence-electron chi connectivity index (χ3n) is 2.97. The van der Waals surface area contributed by atoms with Crippen molar-refractivity contribution in [1.29, 1.82) is 0 Å². The number of rotatable bonds is 6. The highest BCUT2D eigenvalue weighted by Gasteiger charge is 2.17. The molecule has 3 N–H and O–H groups in total. The number of nitrogens with one attached hydrogen (secondary N) is 3. The number of aryl methyl sites for hydroxylation is 1. The van der Waals surface area contributed by atoms with Gasteiger partial charge >= 0.3 is 6.09 Å². The van der Waals surface area contributed by atoms with Gasteiger partial charge in [-0.1, -0.05) is 0 Å². The number of ether oxygens (including phenoxy) is 1. The van der Waals surface area contributed by atoms with Crippen LogP contribution in [0.5, 0.6) is 0 Å². The van der Waals surface area contributed by atoms with Crippen LogP contribution in [0.15, 0.2) is 24.7 Å². The largest absolute Gasteiger partial charge is 0.444 e. The molecule has 0 aliphatic carbocycles. The number of aromatic nitrogens is 4. The average Bonchev–Trinajstić information content (AvgIpc) is 2.88. The molecule has 9 nitrogen and oxygen atoms in total. The van der Waals surface area contributed by atoms with Gasteiger partial charge in [0.25, 0.3) is 0 Å². The van der Waals surface area contributed by atoms with Crippen LogP contribution in [0.2, 0.25) is 0 Å². The first-order valence-electron chi connectivity index (χ1n) is 8.03. The van der Waals surface area contributed by atoms with Crippen LogP contribution in [0.1, 0.15) is 27.7 Å². The van der Waals surface area contributed by atoms with E-state index in [-0.39, 0.29) is 6.04 Å². The van der Waals surface area contributed by atoms with E-state index in [4.69, 9.17) is 4.74 Å². The molecule has 0 radical (unpaired) electrons. The lowest BCUT2D eigenvalue weighted by molar-refractivity contribution is 0.0511. The molecule has 2 aromatic heterocycles. The summed E-state index contributed by atoms with van der Waals surface area (Å²) in [5, 5.41) is 13.1. The maximum absolute atomic E-state index is 11.7. The second kappa shape index (κ2) is 7.82. The fourth-order valence-electron chi connectivity index (χ4n) is 1.95. The highest BCUT2D eigenvalue weighted by atomic mass is 16.6. The van der Waals surface area contributed by atoms with Crippen LogP contribution in [0.4, 0.5) is 22.2 Å². The molecule has 0 saturated carbocycles. The molecule has 2 aromatic rings. The minimum atomic E-state index is -0.517. The van der Waals surface area contributed by atoms with Gasteiger partial charge in [0.15, 0.2) is 0 Å². The number of nitrogens with zero attached hydrogens (tertiary/aromatic N) is 4. The fraction of sp³-hybridized carbons (Fsp3) is 0.500. The quantitative estimate of drug-likeness (QED) is 0.736. The van der Waals surface area contributed by atoms with Gasteiger partial charge in [-0.15, -0.1) is 0 Å². The first-order chi connectivity index (χ1) is 11.7. The average molecular weight is 347 g/mol. The number of carbonyl (C=O) groups is 1. The number of carbonyl (C=O) groups excluding carboxylic acids is 1. The van der Waals surface area contributed by atoms with Crippen LogP contribution in [0, 0.1) is 0 Å². The van der Waals surface area contributed by atoms with Crippen LogP contribution >= 0.6 is 0 Å². The zero-order chi connectivity index (χ0) is 18.4. The van der Waals surface area contributed by atoms with E-state index in [0.717, 1.165) is 5.69 Å².